The Morgan fingerprint density at radius 1 is 1.26 bits per heavy atom. The lowest BCUT2D eigenvalue weighted by Gasteiger charge is -2.20. The zero-order valence-corrected chi connectivity index (χ0v) is 14.2. The van der Waals surface area contributed by atoms with E-state index in [2.05, 4.69) is 5.32 Å². The Balaban J connectivity index is 2.94. The first-order valence-electron chi connectivity index (χ1n) is 6.74. The lowest BCUT2D eigenvalue weighted by molar-refractivity contribution is -0.150. The molecule has 128 valence electrons. The van der Waals surface area contributed by atoms with Crippen LogP contribution in [-0.4, -0.2) is 57.0 Å². The van der Waals surface area contributed by atoms with Gasteiger partial charge >= 0.3 is 11.9 Å². The molecule has 0 atom stereocenters. The SMILES string of the molecule is COc1cc(C)c(S(=O)(=O)N(C)CCNC(=O)C(=O)O)c(C)c1. The van der Waals surface area contributed by atoms with Crippen molar-refractivity contribution in [3.05, 3.63) is 23.3 Å². The molecule has 0 unspecified atom stereocenters. The van der Waals surface area contributed by atoms with E-state index in [-0.39, 0.29) is 18.0 Å². The molecule has 0 radical (unpaired) electrons. The molecule has 1 amide bonds. The number of carboxylic acid groups (broad SMARTS) is 1. The van der Waals surface area contributed by atoms with Gasteiger partial charge in [0.1, 0.15) is 5.75 Å². The van der Waals surface area contributed by atoms with Crippen LogP contribution < -0.4 is 10.1 Å². The molecule has 2 N–H and O–H groups in total. The van der Waals surface area contributed by atoms with Gasteiger partial charge in [0.25, 0.3) is 0 Å². The van der Waals surface area contributed by atoms with Gasteiger partial charge in [0.2, 0.25) is 10.0 Å². The molecule has 8 nitrogen and oxygen atoms in total. The van der Waals surface area contributed by atoms with Crippen molar-refractivity contribution in [1.29, 1.82) is 0 Å². The number of rotatable bonds is 6. The van der Waals surface area contributed by atoms with Gasteiger partial charge in [-0.25, -0.2) is 13.2 Å². The number of amides is 1. The van der Waals surface area contributed by atoms with E-state index in [0.29, 0.717) is 16.9 Å². The second-order valence-corrected chi connectivity index (χ2v) is 6.96. The third kappa shape index (κ3) is 4.42. The Labute approximate surface area is 135 Å². The Morgan fingerprint density at radius 2 is 1.78 bits per heavy atom. The minimum atomic E-state index is -3.76. The standard InChI is InChI=1S/C14H20N2O6S/c1-9-7-11(22-4)8-10(2)12(9)23(20,21)16(3)6-5-15-13(17)14(18)19/h7-8H,5-6H2,1-4H3,(H,15,17)(H,18,19). The lowest BCUT2D eigenvalue weighted by Crippen LogP contribution is -2.39. The highest BCUT2D eigenvalue weighted by molar-refractivity contribution is 7.89. The minimum absolute atomic E-state index is 0.0493. The maximum Gasteiger partial charge on any atom is 0.394 e. The first-order chi connectivity index (χ1) is 10.6. The summed E-state index contributed by atoms with van der Waals surface area (Å²) in [7, 11) is -0.898. The number of benzene rings is 1. The van der Waals surface area contributed by atoms with Crippen molar-refractivity contribution in [2.75, 3.05) is 27.2 Å². The number of nitrogens with zero attached hydrogens (tertiary/aromatic N) is 1. The molecular weight excluding hydrogens is 324 g/mol. The van der Waals surface area contributed by atoms with E-state index in [1.54, 1.807) is 26.0 Å². The van der Waals surface area contributed by atoms with Crippen molar-refractivity contribution < 1.29 is 27.9 Å². The van der Waals surface area contributed by atoms with Gasteiger partial charge in [-0.1, -0.05) is 0 Å². The fraction of sp³-hybridized carbons (Fsp3) is 0.429. The van der Waals surface area contributed by atoms with Crippen LogP contribution in [-0.2, 0) is 19.6 Å². The van der Waals surface area contributed by atoms with E-state index in [4.69, 9.17) is 9.84 Å². The van der Waals surface area contributed by atoms with Crippen LogP contribution in [0.25, 0.3) is 0 Å². The molecule has 0 aliphatic rings. The second-order valence-electron chi connectivity index (χ2n) is 4.98. The topological polar surface area (TPSA) is 113 Å². The van der Waals surface area contributed by atoms with Gasteiger partial charge in [0, 0.05) is 20.1 Å². The number of hydrogen-bond donors (Lipinski definition) is 2. The van der Waals surface area contributed by atoms with Crippen LogP contribution in [0.4, 0.5) is 0 Å². The number of hydrogen-bond acceptors (Lipinski definition) is 5. The Kier molecular flexibility index (Phi) is 6.11. The van der Waals surface area contributed by atoms with Crippen molar-refractivity contribution in [3.63, 3.8) is 0 Å². The van der Waals surface area contributed by atoms with Gasteiger partial charge in [0.15, 0.2) is 0 Å². The summed E-state index contributed by atoms with van der Waals surface area (Å²) in [4.78, 5) is 21.5. The third-order valence-electron chi connectivity index (χ3n) is 3.24. The average Bonchev–Trinajstić information content (AvgIpc) is 2.45. The molecule has 0 spiro atoms. The molecule has 0 aliphatic carbocycles. The van der Waals surface area contributed by atoms with E-state index in [0.717, 1.165) is 4.31 Å². The summed E-state index contributed by atoms with van der Waals surface area (Å²) in [5.41, 5.74) is 1.09. The summed E-state index contributed by atoms with van der Waals surface area (Å²) in [5, 5.41) is 10.6. The highest BCUT2D eigenvalue weighted by Gasteiger charge is 2.25. The first-order valence-corrected chi connectivity index (χ1v) is 8.18. The molecule has 0 aromatic heterocycles. The van der Waals surface area contributed by atoms with E-state index in [1.165, 1.54) is 14.2 Å². The number of carbonyl (C=O) groups excluding carboxylic acids is 1. The van der Waals surface area contributed by atoms with Gasteiger partial charge in [-0.2, -0.15) is 4.31 Å². The Bertz CT molecular complexity index is 691. The number of aliphatic carboxylic acids is 1. The molecule has 0 aliphatic heterocycles. The smallest absolute Gasteiger partial charge is 0.394 e. The molecular formula is C14H20N2O6S. The maximum atomic E-state index is 12.6. The van der Waals surface area contributed by atoms with E-state index in [1.807, 2.05) is 0 Å². The van der Waals surface area contributed by atoms with Crippen LogP contribution in [0.5, 0.6) is 5.75 Å². The van der Waals surface area contributed by atoms with Crippen molar-refractivity contribution in [3.8, 4) is 5.75 Å². The van der Waals surface area contributed by atoms with Gasteiger partial charge in [0.05, 0.1) is 12.0 Å². The molecule has 1 rings (SSSR count). The summed E-state index contributed by atoms with van der Waals surface area (Å²) in [6.07, 6.45) is 0. The molecule has 0 heterocycles. The largest absolute Gasteiger partial charge is 0.497 e. The molecule has 0 saturated heterocycles. The van der Waals surface area contributed by atoms with Crippen LogP contribution in [0.2, 0.25) is 0 Å². The number of ether oxygens (including phenoxy) is 1. The van der Waals surface area contributed by atoms with Crippen LogP contribution in [0.3, 0.4) is 0 Å². The molecule has 0 saturated carbocycles. The average molecular weight is 344 g/mol. The van der Waals surface area contributed by atoms with Crippen LogP contribution in [0.15, 0.2) is 17.0 Å². The van der Waals surface area contributed by atoms with Crippen LogP contribution in [0, 0.1) is 13.8 Å². The molecule has 1 aromatic carbocycles. The highest BCUT2D eigenvalue weighted by Crippen LogP contribution is 2.27. The Hall–Kier alpha value is -2.13. The van der Waals surface area contributed by atoms with Crippen molar-refractivity contribution in [2.45, 2.75) is 18.7 Å². The molecule has 23 heavy (non-hydrogen) atoms. The quantitative estimate of drug-likeness (QED) is 0.710. The number of nitrogens with one attached hydrogen (secondary N) is 1. The van der Waals surface area contributed by atoms with E-state index in [9.17, 15) is 18.0 Å². The van der Waals surface area contributed by atoms with Gasteiger partial charge in [-0.05, 0) is 37.1 Å². The highest BCUT2D eigenvalue weighted by atomic mass is 32.2. The zero-order valence-electron chi connectivity index (χ0n) is 13.4. The van der Waals surface area contributed by atoms with Crippen molar-refractivity contribution in [1.82, 2.24) is 9.62 Å². The van der Waals surface area contributed by atoms with Gasteiger partial charge in [-0.3, -0.25) is 4.79 Å². The number of sulfonamides is 1. The molecule has 1 aromatic rings. The number of methoxy groups -OCH3 is 1. The summed E-state index contributed by atoms with van der Waals surface area (Å²) in [6, 6.07) is 3.25. The van der Waals surface area contributed by atoms with Gasteiger partial charge in [-0.15, -0.1) is 0 Å². The molecule has 0 bridgehead atoms. The second kappa shape index (κ2) is 7.42. The molecule has 9 heteroatoms. The minimum Gasteiger partial charge on any atom is -0.497 e. The first kappa shape index (κ1) is 18.9. The van der Waals surface area contributed by atoms with E-state index >= 15 is 0 Å². The van der Waals surface area contributed by atoms with Gasteiger partial charge < -0.3 is 15.2 Å². The summed E-state index contributed by atoms with van der Waals surface area (Å²) in [5.74, 6) is -2.22. The van der Waals surface area contributed by atoms with Crippen LogP contribution >= 0.6 is 0 Å². The fourth-order valence-electron chi connectivity index (χ4n) is 2.11. The third-order valence-corrected chi connectivity index (χ3v) is 5.41. The number of likely N-dealkylation sites (N-methyl/N-ethyl adjacent to an activating group) is 1. The predicted molar refractivity (Wildman–Crippen MR) is 82.9 cm³/mol. The number of aryl methyl sites for hydroxylation is 2. The van der Waals surface area contributed by atoms with E-state index < -0.39 is 21.9 Å². The Morgan fingerprint density at radius 3 is 2.22 bits per heavy atom. The summed E-state index contributed by atoms with van der Waals surface area (Å²) in [6.45, 7) is 3.19. The zero-order chi connectivity index (χ0) is 17.8. The lowest BCUT2D eigenvalue weighted by atomic mass is 10.1. The van der Waals surface area contributed by atoms with Crippen LogP contribution in [0.1, 0.15) is 11.1 Å². The maximum absolute atomic E-state index is 12.6. The normalized spacial score (nSPS) is 11.3. The fourth-order valence-corrected chi connectivity index (χ4v) is 3.69. The summed E-state index contributed by atoms with van der Waals surface area (Å²) >= 11 is 0. The predicted octanol–water partition coefficient (Wildman–Crippen LogP) is 0.133. The number of carbonyl (C=O) groups is 2. The molecule has 0 fully saturated rings. The van der Waals surface area contributed by atoms with Crippen molar-refractivity contribution >= 4 is 21.9 Å². The number of carboxylic acids is 1. The monoisotopic (exact) mass is 344 g/mol. The summed E-state index contributed by atoms with van der Waals surface area (Å²) < 4.78 is 31.5. The van der Waals surface area contributed by atoms with Crippen molar-refractivity contribution in [2.24, 2.45) is 0 Å².